The summed E-state index contributed by atoms with van der Waals surface area (Å²) in [5, 5.41) is 9.77. The number of primary amides is 1. The van der Waals surface area contributed by atoms with Crippen LogP contribution < -0.4 is 5.73 Å². The SMILES string of the molecule is C[C@@H](/C=C/c1cc(-c2ccccc2)ccc1F)N(O)C(N)=O. The average molecular weight is 300 g/mol. The zero-order valence-corrected chi connectivity index (χ0v) is 12.1. The van der Waals surface area contributed by atoms with Crippen LogP contribution in [-0.2, 0) is 0 Å². The topological polar surface area (TPSA) is 66.6 Å². The first-order valence-corrected chi connectivity index (χ1v) is 6.79. The van der Waals surface area contributed by atoms with Gasteiger partial charge in [-0.05, 0) is 30.2 Å². The van der Waals surface area contributed by atoms with E-state index in [1.807, 2.05) is 30.3 Å². The minimum atomic E-state index is -0.962. The second-order valence-electron chi connectivity index (χ2n) is 4.88. The second kappa shape index (κ2) is 6.87. The van der Waals surface area contributed by atoms with E-state index in [0.29, 0.717) is 10.6 Å². The predicted molar refractivity (Wildman–Crippen MR) is 83.5 cm³/mol. The van der Waals surface area contributed by atoms with E-state index < -0.39 is 12.1 Å². The normalized spacial score (nSPS) is 12.3. The molecule has 0 bridgehead atoms. The summed E-state index contributed by atoms with van der Waals surface area (Å²) in [6.07, 6.45) is 3.01. The number of nitrogens with two attached hydrogens (primary N) is 1. The number of amides is 2. The smallest absolute Gasteiger partial charge is 0.339 e. The molecule has 0 aromatic heterocycles. The van der Waals surface area contributed by atoms with Crippen molar-refractivity contribution in [3.05, 3.63) is 66.0 Å². The summed E-state index contributed by atoms with van der Waals surface area (Å²) in [5.74, 6) is -0.383. The van der Waals surface area contributed by atoms with Gasteiger partial charge in [0.2, 0.25) is 0 Å². The molecule has 5 heteroatoms. The molecule has 2 amide bonds. The van der Waals surface area contributed by atoms with Crippen molar-refractivity contribution in [1.29, 1.82) is 0 Å². The first kappa shape index (κ1) is 15.7. The number of hydrogen-bond acceptors (Lipinski definition) is 2. The van der Waals surface area contributed by atoms with Crippen molar-refractivity contribution in [2.45, 2.75) is 13.0 Å². The molecule has 0 unspecified atom stereocenters. The highest BCUT2D eigenvalue weighted by Gasteiger charge is 2.12. The molecule has 0 radical (unpaired) electrons. The molecule has 0 fully saturated rings. The molecule has 2 aromatic rings. The van der Waals surface area contributed by atoms with Gasteiger partial charge in [0, 0.05) is 5.56 Å². The first-order chi connectivity index (χ1) is 10.5. The van der Waals surface area contributed by atoms with Gasteiger partial charge in [0.1, 0.15) is 5.82 Å². The van der Waals surface area contributed by atoms with Crippen molar-refractivity contribution in [3.63, 3.8) is 0 Å². The molecule has 114 valence electrons. The van der Waals surface area contributed by atoms with Crippen LogP contribution >= 0.6 is 0 Å². The van der Waals surface area contributed by atoms with Gasteiger partial charge in [-0.1, -0.05) is 48.6 Å². The van der Waals surface area contributed by atoms with Crippen molar-refractivity contribution >= 4 is 12.1 Å². The second-order valence-corrected chi connectivity index (χ2v) is 4.88. The maximum atomic E-state index is 13.9. The lowest BCUT2D eigenvalue weighted by molar-refractivity contribution is -0.0560. The summed E-state index contributed by atoms with van der Waals surface area (Å²) in [4.78, 5) is 10.8. The highest BCUT2D eigenvalue weighted by atomic mass is 19.1. The molecule has 0 aliphatic rings. The minimum Gasteiger partial charge on any atom is -0.350 e. The van der Waals surface area contributed by atoms with E-state index in [4.69, 9.17) is 5.73 Å². The Bertz CT molecular complexity index is 686. The summed E-state index contributed by atoms with van der Waals surface area (Å²) in [6, 6.07) is 12.8. The monoisotopic (exact) mass is 300 g/mol. The molecular formula is C17H17FN2O2. The third-order valence-electron chi connectivity index (χ3n) is 3.27. The van der Waals surface area contributed by atoms with E-state index in [-0.39, 0.29) is 5.82 Å². The van der Waals surface area contributed by atoms with E-state index in [1.165, 1.54) is 18.2 Å². The Labute approximate surface area is 128 Å². The molecule has 0 heterocycles. The number of urea groups is 1. The van der Waals surface area contributed by atoms with Crippen LogP contribution in [0.25, 0.3) is 17.2 Å². The molecular weight excluding hydrogens is 283 g/mol. The molecule has 0 aliphatic heterocycles. The van der Waals surface area contributed by atoms with Crippen LogP contribution in [0.5, 0.6) is 0 Å². The lowest BCUT2D eigenvalue weighted by Gasteiger charge is -2.16. The van der Waals surface area contributed by atoms with E-state index >= 15 is 0 Å². The van der Waals surface area contributed by atoms with Gasteiger partial charge in [0.25, 0.3) is 0 Å². The molecule has 3 N–H and O–H groups in total. The Morgan fingerprint density at radius 3 is 2.55 bits per heavy atom. The van der Waals surface area contributed by atoms with Gasteiger partial charge in [-0.15, -0.1) is 0 Å². The highest BCUT2D eigenvalue weighted by molar-refractivity contribution is 5.71. The van der Waals surface area contributed by atoms with E-state index in [1.54, 1.807) is 19.1 Å². The lowest BCUT2D eigenvalue weighted by Crippen LogP contribution is -2.38. The zero-order chi connectivity index (χ0) is 16.1. The number of carbonyl (C=O) groups is 1. The van der Waals surface area contributed by atoms with E-state index in [0.717, 1.165) is 11.1 Å². The van der Waals surface area contributed by atoms with Gasteiger partial charge >= 0.3 is 6.03 Å². The van der Waals surface area contributed by atoms with Gasteiger partial charge in [-0.25, -0.2) is 9.18 Å². The van der Waals surface area contributed by atoms with Crippen LogP contribution in [-0.4, -0.2) is 22.3 Å². The van der Waals surface area contributed by atoms with Gasteiger partial charge in [0.05, 0.1) is 6.04 Å². The Balaban J connectivity index is 2.26. The van der Waals surface area contributed by atoms with Crippen molar-refractivity contribution < 1.29 is 14.4 Å². The van der Waals surface area contributed by atoms with E-state index in [2.05, 4.69) is 0 Å². The Hall–Kier alpha value is -2.66. The van der Waals surface area contributed by atoms with Gasteiger partial charge in [0.15, 0.2) is 0 Å². The standard InChI is InChI=1S/C17H17FN2O2/c1-12(20(22)17(19)21)7-8-15-11-14(9-10-16(15)18)13-5-3-2-4-6-13/h2-12,22H,1H3,(H2,19,21)/b8-7+/t12-/m0/s1. The molecule has 1 atom stereocenters. The number of halogens is 1. The van der Waals surface area contributed by atoms with Crippen molar-refractivity contribution in [2.24, 2.45) is 5.73 Å². The summed E-state index contributed by atoms with van der Waals surface area (Å²) >= 11 is 0. The number of benzene rings is 2. The lowest BCUT2D eigenvalue weighted by atomic mass is 10.0. The maximum absolute atomic E-state index is 13.9. The highest BCUT2D eigenvalue weighted by Crippen LogP contribution is 2.22. The summed E-state index contributed by atoms with van der Waals surface area (Å²) in [7, 11) is 0. The number of hydrogen-bond donors (Lipinski definition) is 2. The quantitative estimate of drug-likeness (QED) is 0.668. The fourth-order valence-electron chi connectivity index (χ4n) is 2.01. The van der Waals surface area contributed by atoms with Gasteiger partial charge < -0.3 is 5.73 Å². The third kappa shape index (κ3) is 3.71. The van der Waals surface area contributed by atoms with Crippen LogP contribution in [0.15, 0.2) is 54.6 Å². The van der Waals surface area contributed by atoms with Crippen LogP contribution in [0.3, 0.4) is 0 Å². The van der Waals surface area contributed by atoms with Crippen molar-refractivity contribution in [1.82, 2.24) is 5.06 Å². The Kier molecular flexibility index (Phi) is 4.91. The number of nitrogens with zero attached hydrogens (tertiary/aromatic N) is 1. The molecule has 0 spiro atoms. The fraction of sp³-hybridized carbons (Fsp3) is 0.118. The van der Waals surface area contributed by atoms with Crippen LogP contribution in [0, 0.1) is 5.82 Å². The van der Waals surface area contributed by atoms with Gasteiger partial charge in [-0.3, -0.25) is 5.21 Å². The fourth-order valence-corrected chi connectivity index (χ4v) is 2.01. The number of carbonyl (C=O) groups excluding carboxylic acids is 1. The summed E-state index contributed by atoms with van der Waals surface area (Å²) < 4.78 is 13.9. The molecule has 4 nitrogen and oxygen atoms in total. The average Bonchev–Trinajstić information content (AvgIpc) is 2.53. The Morgan fingerprint density at radius 2 is 1.91 bits per heavy atom. The van der Waals surface area contributed by atoms with Crippen LogP contribution in [0.4, 0.5) is 9.18 Å². The third-order valence-corrected chi connectivity index (χ3v) is 3.27. The molecule has 0 aliphatic carbocycles. The minimum absolute atomic E-state index is 0.367. The summed E-state index contributed by atoms with van der Waals surface area (Å²) in [6.45, 7) is 1.57. The maximum Gasteiger partial charge on any atom is 0.339 e. The van der Waals surface area contributed by atoms with Crippen molar-refractivity contribution in [2.75, 3.05) is 0 Å². The number of hydroxylamine groups is 2. The molecule has 2 aromatic carbocycles. The van der Waals surface area contributed by atoms with Crippen LogP contribution in [0.2, 0.25) is 0 Å². The molecule has 2 rings (SSSR count). The summed E-state index contributed by atoms with van der Waals surface area (Å²) in [5.41, 5.74) is 7.19. The van der Waals surface area contributed by atoms with Crippen LogP contribution in [0.1, 0.15) is 12.5 Å². The molecule has 0 saturated carbocycles. The number of rotatable bonds is 4. The van der Waals surface area contributed by atoms with Crippen molar-refractivity contribution in [3.8, 4) is 11.1 Å². The zero-order valence-electron chi connectivity index (χ0n) is 12.1. The molecule has 22 heavy (non-hydrogen) atoms. The van der Waals surface area contributed by atoms with Gasteiger partial charge in [-0.2, -0.15) is 5.06 Å². The predicted octanol–water partition coefficient (Wildman–Crippen LogP) is 3.66. The first-order valence-electron chi connectivity index (χ1n) is 6.79. The Morgan fingerprint density at radius 1 is 1.23 bits per heavy atom. The largest absolute Gasteiger partial charge is 0.350 e. The molecule has 0 saturated heterocycles. The van der Waals surface area contributed by atoms with E-state index in [9.17, 15) is 14.4 Å².